The number of hydrogen-bond donors (Lipinski definition) is 2. The van der Waals surface area contributed by atoms with Gasteiger partial charge in [-0.3, -0.25) is 0 Å². The number of ether oxygens (including phenoxy) is 1. The molecule has 0 bridgehead atoms. The van der Waals surface area contributed by atoms with E-state index in [0.29, 0.717) is 5.95 Å². The Hall–Kier alpha value is -2.28. The van der Waals surface area contributed by atoms with Gasteiger partial charge in [0.05, 0.1) is 0 Å². The van der Waals surface area contributed by atoms with Crippen LogP contribution in [0.25, 0.3) is 11.1 Å². The summed E-state index contributed by atoms with van der Waals surface area (Å²) in [6, 6.07) is 6.16. The molecule has 0 amide bonds. The molecule has 1 aromatic heterocycles. The molecule has 19 heavy (non-hydrogen) atoms. The Morgan fingerprint density at radius 1 is 1.11 bits per heavy atom. The summed E-state index contributed by atoms with van der Waals surface area (Å²) >= 11 is 0. The first-order valence-electron chi connectivity index (χ1n) is 5.41. The molecule has 0 fully saturated rings. The van der Waals surface area contributed by atoms with Crippen LogP contribution < -0.4 is 10.1 Å². The van der Waals surface area contributed by atoms with E-state index in [1.807, 2.05) is 0 Å². The molecule has 100 valence electrons. The molecule has 0 saturated heterocycles. The van der Waals surface area contributed by atoms with Crippen LogP contribution in [-0.2, 0) is 0 Å². The van der Waals surface area contributed by atoms with E-state index >= 15 is 0 Å². The number of nitrogens with one attached hydrogen (secondary N) is 1. The van der Waals surface area contributed by atoms with E-state index in [9.17, 15) is 8.78 Å². The SMILES string of the molecule is OCNc1ncc(-c2ccc(OC(F)F)cc2)cn1. The smallest absolute Gasteiger partial charge is 0.387 e. The largest absolute Gasteiger partial charge is 0.435 e. The minimum absolute atomic E-state index is 0.0956. The van der Waals surface area contributed by atoms with Crippen LogP contribution in [0.3, 0.4) is 0 Å². The minimum atomic E-state index is -2.84. The molecular formula is C12H11F2N3O2. The number of rotatable bonds is 5. The third-order valence-corrected chi connectivity index (χ3v) is 2.30. The summed E-state index contributed by atoms with van der Waals surface area (Å²) in [6.45, 7) is -3.09. The lowest BCUT2D eigenvalue weighted by atomic mass is 10.1. The topological polar surface area (TPSA) is 67.3 Å². The summed E-state index contributed by atoms with van der Waals surface area (Å²) in [5.41, 5.74) is 1.50. The number of anilines is 1. The zero-order valence-corrected chi connectivity index (χ0v) is 9.75. The molecule has 2 N–H and O–H groups in total. The van der Waals surface area contributed by atoms with Gasteiger partial charge < -0.3 is 15.2 Å². The molecule has 1 aromatic carbocycles. The van der Waals surface area contributed by atoms with Crippen LogP contribution in [0, 0.1) is 0 Å². The van der Waals surface area contributed by atoms with Crippen LogP contribution in [0.4, 0.5) is 14.7 Å². The number of benzene rings is 1. The normalized spacial score (nSPS) is 10.5. The van der Waals surface area contributed by atoms with Crippen molar-refractivity contribution in [2.24, 2.45) is 0 Å². The standard InChI is InChI=1S/C12H11F2N3O2/c13-11(14)19-10-3-1-8(2-4-10)9-5-15-12(16-6-9)17-7-18/h1-6,11,18H,7H2,(H,15,16,17). The van der Waals surface area contributed by atoms with Gasteiger partial charge in [0.2, 0.25) is 5.95 Å². The van der Waals surface area contributed by atoms with Crippen LogP contribution in [0.1, 0.15) is 0 Å². The second kappa shape index (κ2) is 6.05. The molecule has 2 rings (SSSR count). The van der Waals surface area contributed by atoms with Gasteiger partial charge in [0.15, 0.2) is 0 Å². The van der Waals surface area contributed by atoms with Gasteiger partial charge >= 0.3 is 6.61 Å². The summed E-state index contributed by atoms with van der Waals surface area (Å²) < 4.78 is 28.2. The Kier molecular flexibility index (Phi) is 4.19. The third-order valence-electron chi connectivity index (χ3n) is 2.30. The first-order valence-corrected chi connectivity index (χ1v) is 5.41. The minimum Gasteiger partial charge on any atom is -0.435 e. The zero-order chi connectivity index (χ0) is 13.7. The van der Waals surface area contributed by atoms with Crippen LogP contribution >= 0.6 is 0 Å². The van der Waals surface area contributed by atoms with Crippen LogP contribution in [0.15, 0.2) is 36.7 Å². The quantitative estimate of drug-likeness (QED) is 0.812. The predicted octanol–water partition coefficient (Wildman–Crippen LogP) is 2.11. The molecule has 0 aliphatic carbocycles. The lowest BCUT2D eigenvalue weighted by molar-refractivity contribution is -0.0498. The average Bonchev–Trinajstić information content (AvgIpc) is 2.40. The molecule has 0 aliphatic heterocycles. The van der Waals surface area contributed by atoms with E-state index in [0.717, 1.165) is 11.1 Å². The van der Waals surface area contributed by atoms with Crippen LogP contribution in [0.5, 0.6) is 5.75 Å². The van der Waals surface area contributed by atoms with Gasteiger partial charge in [-0.2, -0.15) is 8.78 Å². The molecule has 0 unspecified atom stereocenters. The summed E-state index contributed by atoms with van der Waals surface area (Å²) in [6.07, 6.45) is 3.13. The molecule has 0 atom stereocenters. The molecule has 7 heteroatoms. The number of nitrogens with zero attached hydrogens (tertiary/aromatic N) is 2. The second-order valence-electron chi connectivity index (χ2n) is 3.53. The Morgan fingerprint density at radius 3 is 2.26 bits per heavy atom. The predicted molar refractivity (Wildman–Crippen MR) is 64.8 cm³/mol. The highest BCUT2D eigenvalue weighted by Crippen LogP contribution is 2.22. The maximum absolute atomic E-state index is 12.0. The lowest BCUT2D eigenvalue weighted by Gasteiger charge is -2.06. The maximum atomic E-state index is 12.0. The van der Waals surface area contributed by atoms with Crippen molar-refractivity contribution >= 4 is 5.95 Å². The Balaban J connectivity index is 2.13. The fourth-order valence-corrected chi connectivity index (χ4v) is 1.47. The average molecular weight is 267 g/mol. The monoisotopic (exact) mass is 267 g/mol. The number of aromatic nitrogens is 2. The van der Waals surface area contributed by atoms with E-state index in [1.165, 1.54) is 12.1 Å². The van der Waals surface area contributed by atoms with Gasteiger partial charge in [0, 0.05) is 18.0 Å². The summed E-state index contributed by atoms with van der Waals surface area (Å²) in [4.78, 5) is 7.96. The molecule has 0 radical (unpaired) electrons. The fourth-order valence-electron chi connectivity index (χ4n) is 1.47. The first-order chi connectivity index (χ1) is 9.19. The van der Waals surface area contributed by atoms with E-state index < -0.39 is 6.61 Å². The second-order valence-corrected chi connectivity index (χ2v) is 3.53. The van der Waals surface area contributed by atoms with Crippen LogP contribution in [-0.4, -0.2) is 28.4 Å². The van der Waals surface area contributed by atoms with Crippen molar-refractivity contribution in [1.29, 1.82) is 0 Å². The number of halogens is 2. The van der Waals surface area contributed by atoms with Crippen molar-refractivity contribution in [2.75, 3.05) is 12.0 Å². The van der Waals surface area contributed by atoms with Gasteiger partial charge in [-0.1, -0.05) is 12.1 Å². The van der Waals surface area contributed by atoms with Crippen molar-refractivity contribution in [3.63, 3.8) is 0 Å². The third kappa shape index (κ3) is 3.59. The van der Waals surface area contributed by atoms with Crippen molar-refractivity contribution in [1.82, 2.24) is 9.97 Å². The highest BCUT2D eigenvalue weighted by atomic mass is 19.3. The molecule has 0 spiro atoms. The summed E-state index contributed by atoms with van der Waals surface area (Å²) in [7, 11) is 0. The van der Waals surface area contributed by atoms with E-state index in [2.05, 4.69) is 20.0 Å². The number of hydrogen-bond acceptors (Lipinski definition) is 5. The van der Waals surface area contributed by atoms with Crippen molar-refractivity contribution in [3.05, 3.63) is 36.7 Å². The summed E-state index contributed by atoms with van der Waals surface area (Å²) in [5, 5.41) is 11.2. The van der Waals surface area contributed by atoms with Crippen molar-refractivity contribution < 1.29 is 18.6 Å². The van der Waals surface area contributed by atoms with Crippen molar-refractivity contribution in [2.45, 2.75) is 6.61 Å². The van der Waals surface area contributed by atoms with Crippen LogP contribution in [0.2, 0.25) is 0 Å². The number of alkyl halides is 2. The van der Waals surface area contributed by atoms with Gasteiger partial charge in [0.1, 0.15) is 12.5 Å². The molecule has 0 saturated carbocycles. The number of aliphatic hydroxyl groups excluding tert-OH is 1. The van der Waals surface area contributed by atoms with Crippen molar-refractivity contribution in [3.8, 4) is 16.9 Å². The maximum Gasteiger partial charge on any atom is 0.387 e. The van der Waals surface area contributed by atoms with E-state index in [4.69, 9.17) is 5.11 Å². The molecule has 5 nitrogen and oxygen atoms in total. The van der Waals surface area contributed by atoms with Gasteiger partial charge in [-0.25, -0.2) is 9.97 Å². The van der Waals surface area contributed by atoms with Gasteiger partial charge in [-0.05, 0) is 17.7 Å². The fraction of sp³-hybridized carbons (Fsp3) is 0.167. The molecule has 2 aromatic rings. The summed E-state index contributed by atoms with van der Waals surface area (Å²) in [5.74, 6) is 0.405. The highest BCUT2D eigenvalue weighted by molar-refractivity contribution is 5.62. The Labute approximate surface area is 107 Å². The molecular weight excluding hydrogens is 256 g/mol. The van der Waals surface area contributed by atoms with E-state index in [-0.39, 0.29) is 12.5 Å². The number of aliphatic hydroxyl groups is 1. The van der Waals surface area contributed by atoms with Gasteiger partial charge in [0.25, 0.3) is 0 Å². The van der Waals surface area contributed by atoms with E-state index in [1.54, 1.807) is 24.5 Å². The molecule has 0 aliphatic rings. The zero-order valence-electron chi connectivity index (χ0n) is 9.75. The Bertz CT molecular complexity index is 518. The first kappa shape index (κ1) is 13.2. The Morgan fingerprint density at radius 2 is 1.74 bits per heavy atom. The van der Waals surface area contributed by atoms with Gasteiger partial charge in [-0.15, -0.1) is 0 Å². The molecule has 1 heterocycles. The lowest BCUT2D eigenvalue weighted by Crippen LogP contribution is -2.03. The highest BCUT2D eigenvalue weighted by Gasteiger charge is 2.05.